The van der Waals surface area contributed by atoms with Gasteiger partial charge in [-0.25, -0.2) is 0 Å². The van der Waals surface area contributed by atoms with Crippen LogP contribution in [0.15, 0.2) is 24.3 Å². The minimum absolute atomic E-state index is 0.332. The molecule has 2 rings (SSSR count). The van der Waals surface area contributed by atoms with Gasteiger partial charge in [0.2, 0.25) is 0 Å². The van der Waals surface area contributed by atoms with Crippen molar-refractivity contribution in [1.29, 1.82) is 0 Å². The maximum absolute atomic E-state index is 11.7. The zero-order chi connectivity index (χ0) is 19.6. The molecule has 0 spiro atoms. The maximum Gasteiger partial charge on any atom is 0.309 e. The molecule has 150 valence electrons. The number of amides is 2. The van der Waals surface area contributed by atoms with E-state index in [0.29, 0.717) is 19.0 Å². The van der Waals surface area contributed by atoms with Crippen LogP contribution in [0.2, 0.25) is 0 Å². The summed E-state index contributed by atoms with van der Waals surface area (Å²) in [6.45, 7) is 9.90. The lowest BCUT2D eigenvalue weighted by Gasteiger charge is -2.36. The highest BCUT2D eigenvalue weighted by Gasteiger charge is 2.17. The number of hydrogen-bond donors (Lipinski definition) is 2. The van der Waals surface area contributed by atoms with E-state index in [0.717, 1.165) is 44.9 Å². The van der Waals surface area contributed by atoms with Crippen LogP contribution < -0.4 is 20.3 Å². The predicted octanol–water partition coefficient (Wildman–Crippen LogP) is 1.10. The summed E-state index contributed by atoms with van der Waals surface area (Å²) in [5.41, 5.74) is 1.22. The molecule has 0 unspecified atom stereocenters. The van der Waals surface area contributed by atoms with Crippen molar-refractivity contribution in [2.75, 3.05) is 57.8 Å². The van der Waals surface area contributed by atoms with E-state index in [1.807, 2.05) is 26.0 Å². The number of rotatable bonds is 8. The van der Waals surface area contributed by atoms with Crippen molar-refractivity contribution in [3.63, 3.8) is 0 Å². The van der Waals surface area contributed by atoms with Crippen molar-refractivity contribution >= 4 is 17.5 Å². The van der Waals surface area contributed by atoms with Crippen molar-refractivity contribution in [3.05, 3.63) is 24.3 Å². The first kappa shape index (κ1) is 21.0. The molecule has 1 aromatic carbocycles. The summed E-state index contributed by atoms with van der Waals surface area (Å²) < 4.78 is 5.20. The van der Waals surface area contributed by atoms with Gasteiger partial charge in [-0.15, -0.1) is 0 Å². The van der Waals surface area contributed by atoms with Crippen LogP contribution in [0.25, 0.3) is 0 Å². The lowest BCUT2D eigenvalue weighted by molar-refractivity contribution is -0.139. The topological polar surface area (TPSA) is 73.9 Å². The van der Waals surface area contributed by atoms with Crippen LogP contribution >= 0.6 is 0 Å². The minimum Gasteiger partial charge on any atom is -0.497 e. The Kier molecular flexibility index (Phi) is 8.39. The lowest BCUT2D eigenvalue weighted by Crippen LogP contribution is -2.47. The van der Waals surface area contributed by atoms with Crippen molar-refractivity contribution in [2.45, 2.75) is 20.3 Å². The number of benzene rings is 1. The number of anilines is 1. The van der Waals surface area contributed by atoms with Crippen LogP contribution in [0.1, 0.15) is 20.3 Å². The van der Waals surface area contributed by atoms with E-state index in [1.165, 1.54) is 5.69 Å². The Morgan fingerprint density at radius 2 is 1.67 bits per heavy atom. The second-order valence-electron chi connectivity index (χ2n) is 7.24. The van der Waals surface area contributed by atoms with Gasteiger partial charge in [0.05, 0.1) is 7.11 Å². The third-order valence-electron chi connectivity index (χ3n) is 4.62. The molecule has 1 heterocycles. The highest BCUT2D eigenvalue weighted by Crippen LogP contribution is 2.20. The molecule has 2 N–H and O–H groups in total. The van der Waals surface area contributed by atoms with Crippen molar-refractivity contribution in [3.8, 4) is 5.75 Å². The average Bonchev–Trinajstić information content (AvgIpc) is 2.69. The largest absolute Gasteiger partial charge is 0.497 e. The van der Waals surface area contributed by atoms with Crippen LogP contribution in [-0.4, -0.2) is 69.6 Å². The molecule has 0 bridgehead atoms. The highest BCUT2D eigenvalue weighted by atomic mass is 16.5. The summed E-state index contributed by atoms with van der Waals surface area (Å²) in [6, 6.07) is 8.16. The van der Waals surface area contributed by atoms with Gasteiger partial charge in [0.1, 0.15) is 5.75 Å². The maximum atomic E-state index is 11.7. The molecule has 0 atom stereocenters. The quantitative estimate of drug-likeness (QED) is 0.525. The monoisotopic (exact) mass is 376 g/mol. The van der Waals surface area contributed by atoms with Crippen molar-refractivity contribution in [2.24, 2.45) is 5.92 Å². The average molecular weight is 377 g/mol. The summed E-state index contributed by atoms with van der Waals surface area (Å²) in [7, 11) is 1.67. The summed E-state index contributed by atoms with van der Waals surface area (Å²) in [5, 5.41) is 5.32. The molecule has 0 aliphatic carbocycles. The molecule has 27 heavy (non-hydrogen) atoms. The first-order valence-electron chi connectivity index (χ1n) is 9.67. The van der Waals surface area contributed by atoms with E-state index in [9.17, 15) is 9.59 Å². The van der Waals surface area contributed by atoms with Gasteiger partial charge in [-0.05, 0) is 43.1 Å². The van der Waals surface area contributed by atoms with Gasteiger partial charge < -0.3 is 20.3 Å². The van der Waals surface area contributed by atoms with Gasteiger partial charge in [0.15, 0.2) is 0 Å². The zero-order valence-electron chi connectivity index (χ0n) is 16.7. The molecule has 0 radical (unpaired) electrons. The number of ether oxygens (including phenoxy) is 1. The molecule has 0 aromatic heterocycles. The number of carbonyl (C=O) groups excluding carboxylic acids is 2. The molecular formula is C20H32N4O3. The van der Waals surface area contributed by atoms with Gasteiger partial charge >= 0.3 is 11.8 Å². The summed E-state index contributed by atoms with van der Waals surface area (Å²) in [4.78, 5) is 28.1. The van der Waals surface area contributed by atoms with Crippen LogP contribution in [0.3, 0.4) is 0 Å². The SMILES string of the molecule is COc1ccc(N2CCN(CCCNC(=O)C(=O)NCC(C)C)CC2)cc1. The van der Waals surface area contributed by atoms with E-state index in [1.54, 1.807) is 7.11 Å². The number of carbonyl (C=O) groups is 2. The van der Waals surface area contributed by atoms with E-state index < -0.39 is 11.8 Å². The van der Waals surface area contributed by atoms with E-state index in [4.69, 9.17) is 4.74 Å². The van der Waals surface area contributed by atoms with Crippen LogP contribution in [0, 0.1) is 5.92 Å². The van der Waals surface area contributed by atoms with E-state index in [2.05, 4.69) is 32.6 Å². The fourth-order valence-corrected chi connectivity index (χ4v) is 2.98. The fourth-order valence-electron chi connectivity index (χ4n) is 2.98. The zero-order valence-corrected chi connectivity index (χ0v) is 16.7. The summed E-state index contributed by atoms with van der Waals surface area (Å²) in [6.07, 6.45) is 0.839. The normalized spacial score (nSPS) is 14.9. The molecule has 1 saturated heterocycles. The standard InChI is InChI=1S/C20H32N4O3/c1-16(2)15-22-20(26)19(25)21-9-4-10-23-11-13-24(14-12-23)17-5-7-18(27-3)8-6-17/h5-8,16H,4,9-15H2,1-3H3,(H,21,25)(H,22,26). The number of nitrogens with one attached hydrogen (secondary N) is 2. The Morgan fingerprint density at radius 1 is 1.04 bits per heavy atom. The predicted molar refractivity (Wildman–Crippen MR) is 107 cm³/mol. The first-order chi connectivity index (χ1) is 13.0. The van der Waals surface area contributed by atoms with Gasteiger partial charge in [-0.1, -0.05) is 13.8 Å². The third kappa shape index (κ3) is 7.09. The molecular weight excluding hydrogens is 344 g/mol. The van der Waals surface area contributed by atoms with Crippen LogP contribution in [0.4, 0.5) is 5.69 Å². The first-order valence-corrected chi connectivity index (χ1v) is 9.67. The smallest absolute Gasteiger partial charge is 0.309 e. The highest BCUT2D eigenvalue weighted by molar-refractivity contribution is 6.35. The number of piperazine rings is 1. The van der Waals surface area contributed by atoms with Gasteiger partial charge in [0.25, 0.3) is 0 Å². The Labute approximate surface area is 162 Å². The number of nitrogens with zero attached hydrogens (tertiary/aromatic N) is 2. The number of methoxy groups -OCH3 is 1. The van der Waals surface area contributed by atoms with E-state index >= 15 is 0 Å². The Morgan fingerprint density at radius 3 is 2.26 bits per heavy atom. The minimum atomic E-state index is -0.545. The van der Waals surface area contributed by atoms with E-state index in [-0.39, 0.29) is 0 Å². The molecule has 0 saturated carbocycles. The molecule has 1 fully saturated rings. The molecule has 7 heteroatoms. The van der Waals surface area contributed by atoms with Crippen LogP contribution in [0.5, 0.6) is 5.75 Å². The molecule has 7 nitrogen and oxygen atoms in total. The summed E-state index contributed by atoms with van der Waals surface area (Å²) >= 11 is 0. The lowest BCUT2D eigenvalue weighted by atomic mass is 10.2. The van der Waals surface area contributed by atoms with Gasteiger partial charge in [-0.3, -0.25) is 14.5 Å². The molecule has 1 aromatic rings. The molecule has 2 amide bonds. The summed E-state index contributed by atoms with van der Waals surface area (Å²) in [5.74, 6) is 0.118. The number of hydrogen-bond acceptors (Lipinski definition) is 5. The Hall–Kier alpha value is -2.28. The fraction of sp³-hybridized carbons (Fsp3) is 0.600. The Balaban J connectivity index is 1.60. The van der Waals surface area contributed by atoms with Gasteiger partial charge in [-0.2, -0.15) is 0 Å². The van der Waals surface area contributed by atoms with Crippen LogP contribution in [-0.2, 0) is 9.59 Å². The van der Waals surface area contributed by atoms with Crippen molar-refractivity contribution in [1.82, 2.24) is 15.5 Å². The molecule has 1 aliphatic heterocycles. The van der Waals surface area contributed by atoms with Crippen molar-refractivity contribution < 1.29 is 14.3 Å². The Bertz CT molecular complexity index is 596. The van der Waals surface area contributed by atoms with Gasteiger partial charge in [0, 0.05) is 45.0 Å². The second kappa shape index (κ2) is 10.8. The third-order valence-corrected chi connectivity index (χ3v) is 4.62. The molecule has 1 aliphatic rings. The second-order valence-corrected chi connectivity index (χ2v) is 7.24.